The number of rotatable bonds is 0. The summed E-state index contributed by atoms with van der Waals surface area (Å²) in [6.45, 7) is 1.60. The number of hydrogen-bond donors (Lipinski definition) is 2. The van der Waals surface area contributed by atoms with Crippen LogP contribution in [0, 0.1) is 5.41 Å². The highest BCUT2D eigenvalue weighted by atomic mass is 15.2. The molecular weight excluding hydrogens is 102 g/mol. The molecule has 0 aliphatic carbocycles. The molecule has 0 radical (unpaired) electrons. The lowest BCUT2D eigenvalue weighted by Crippen LogP contribution is -2.33. The summed E-state index contributed by atoms with van der Waals surface area (Å²) < 4.78 is 0. The van der Waals surface area contributed by atoms with Crippen LogP contribution in [0.25, 0.3) is 0 Å². The molecule has 0 unspecified atom stereocenters. The Bertz CT molecular complexity index is 120. The molecule has 1 aliphatic heterocycles. The topological polar surface area (TPSA) is 53.1 Å². The normalized spacial score (nSPS) is 17.2. The predicted molar refractivity (Wildman–Crippen MR) is 32.6 cm³/mol. The van der Waals surface area contributed by atoms with Gasteiger partial charge in [-0.25, -0.2) is 0 Å². The van der Waals surface area contributed by atoms with Crippen LogP contribution in [0.3, 0.4) is 0 Å². The SMILES string of the molecule is N=C(N)N1CC=CC1. The molecule has 0 atom stereocenters. The van der Waals surface area contributed by atoms with Crippen LogP contribution in [0.2, 0.25) is 0 Å². The van der Waals surface area contributed by atoms with Gasteiger partial charge in [0, 0.05) is 13.1 Å². The molecule has 3 nitrogen and oxygen atoms in total. The average Bonchev–Trinajstić information content (AvgIpc) is 2.12. The molecule has 0 spiro atoms. The van der Waals surface area contributed by atoms with E-state index in [0.717, 1.165) is 13.1 Å². The standard InChI is InChI=1S/C5H9N3/c6-5(7)8-3-1-2-4-8/h1-2H,3-4H2,(H3,6,7). The molecule has 3 heteroatoms. The van der Waals surface area contributed by atoms with E-state index in [0.29, 0.717) is 0 Å². The van der Waals surface area contributed by atoms with E-state index in [1.165, 1.54) is 0 Å². The number of guanidine groups is 1. The number of nitrogens with two attached hydrogens (primary N) is 1. The van der Waals surface area contributed by atoms with Gasteiger partial charge in [-0.3, -0.25) is 5.41 Å². The molecule has 1 rings (SSSR count). The van der Waals surface area contributed by atoms with Gasteiger partial charge in [0.1, 0.15) is 0 Å². The Labute approximate surface area is 48.3 Å². The molecular formula is C5H9N3. The molecule has 0 aromatic carbocycles. The van der Waals surface area contributed by atoms with E-state index in [1.54, 1.807) is 4.90 Å². The summed E-state index contributed by atoms with van der Waals surface area (Å²) in [5.41, 5.74) is 5.17. The van der Waals surface area contributed by atoms with Crippen molar-refractivity contribution in [2.24, 2.45) is 5.73 Å². The minimum atomic E-state index is 0.162. The fourth-order valence-corrected chi connectivity index (χ4v) is 0.675. The average molecular weight is 111 g/mol. The molecule has 1 aliphatic rings. The Morgan fingerprint density at radius 1 is 1.50 bits per heavy atom. The van der Waals surface area contributed by atoms with E-state index in [4.69, 9.17) is 11.1 Å². The molecule has 1 heterocycles. The van der Waals surface area contributed by atoms with E-state index in [9.17, 15) is 0 Å². The summed E-state index contributed by atoms with van der Waals surface area (Å²) in [5.74, 6) is 0.162. The largest absolute Gasteiger partial charge is 0.370 e. The first-order valence-corrected chi connectivity index (χ1v) is 2.54. The molecule has 44 valence electrons. The van der Waals surface area contributed by atoms with Gasteiger partial charge in [-0.1, -0.05) is 12.2 Å². The van der Waals surface area contributed by atoms with Crippen LogP contribution in [0.5, 0.6) is 0 Å². The summed E-state index contributed by atoms with van der Waals surface area (Å²) in [4.78, 5) is 1.78. The van der Waals surface area contributed by atoms with Crippen molar-refractivity contribution in [1.29, 1.82) is 5.41 Å². The molecule has 0 aromatic heterocycles. The first-order chi connectivity index (χ1) is 3.80. The van der Waals surface area contributed by atoms with Gasteiger partial charge in [0.2, 0.25) is 0 Å². The van der Waals surface area contributed by atoms with E-state index in [2.05, 4.69) is 0 Å². The lowest BCUT2D eigenvalue weighted by atomic mass is 10.6. The summed E-state index contributed by atoms with van der Waals surface area (Å²) in [5, 5.41) is 6.96. The Morgan fingerprint density at radius 2 is 2.00 bits per heavy atom. The highest BCUT2D eigenvalue weighted by molar-refractivity contribution is 5.75. The highest BCUT2D eigenvalue weighted by Crippen LogP contribution is 1.95. The van der Waals surface area contributed by atoms with Crippen molar-refractivity contribution in [1.82, 2.24) is 4.90 Å². The van der Waals surface area contributed by atoms with Crippen molar-refractivity contribution in [2.75, 3.05) is 13.1 Å². The Hall–Kier alpha value is -0.990. The number of hydrogen-bond acceptors (Lipinski definition) is 1. The monoisotopic (exact) mass is 111 g/mol. The molecule has 0 amide bonds. The third-order valence-electron chi connectivity index (χ3n) is 1.16. The zero-order valence-electron chi connectivity index (χ0n) is 4.59. The maximum absolute atomic E-state index is 6.96. The second-order valence-corrected chi connectivity index (χ2v) is 1.76. The Kier molecular flexibility index (Phi) is 1.20. The smallest absolute Gasteiger partial charge is 0.188 e. The van der Waals surface area contributed by atoms with Gasteiger partial charge in [-0.05, 0) is 0 Å². The van der Waals surface area contributed by atoms with Gasteiger partial charge < -0.3 is 10.6 Å². The fourth-order valence-electron chi connectivity index (χ4n) is 0.675. The van der Waals surface area contributed by atoms with Crippen LogP contribution in [-0.4, -0.2) is 23.9 Å². The summed E-state index contributed by atoms with van der Waals surface area (Å²) in [6.07, 6.45) is 4.00. The predicted octanol–water partition coefficient (Wildman–Crippen LogP) is -0.248. The van der Waals surface area contributed by atoms with Crippen molar-refractivity contribution < 1.29 is 0 Å². The van der Waals surface area contributed by atoms with Gasteiger partial charge in [0.25, 0.3) is 0 Å². The molecule has 0 aromatic rings. The first-order valence-electron chi connectivity index (χ1n) is 2.54. The lowest BCUT2D eigenvalue weighted by molar-refractivity contribution is 0.530. The van der Waals surface area contributed by atoms with Crippen LogP contribution in [0.1, 0.15) is 0 Å². The summed E-state index contributed by atoms with van der Waals surface area (Å²) in [7, 11) is 0. The second-order valence-electron chi connectivity index (χ2n) is 1.76. The summed E-state index contributed by atoms with van der Waals surface area (Å²) >= 11 is 0. The van der Waals surface area contributed by atoms with Crippen LogP contribution < -0.4 is 5.73 Å². The van der Waals surface area contributed by atoms with Gasteiger partial charge in [0.05, 0.1) is 0 Å². The minimum Gasteiger partial charge on any atom is -0.370 e. The first kappa shape index (κ1) is 5.15. The number of nitrogens with zero attached hydrogens (tertiary/aromatic N) is 1. The van der Waals surface area contributed by atoms with Crippen molar-refractivity contribution in [3.05, 3.63) is 12.2 Å². The van der Waals surface area contributed by atoms with Crippen molar-refractivity contribution in [2.45, 2.75) is 0 Å². The van der Waals surface area contributed by atoms with Crippen LogP contribution in [0.15, 0.2) is 12.2 Å². The molecule has 0 bridgehead atoms. The molecule has 0 saturated carbocycles. The zero-order chi connectivity index (χ0) is 5.98. The molecule has 0 saturated heterocycles. The zero-order valence-corrected chi connectivity index (χ0v) is 4.59. The Balaban J connectivity index is 2.41. The molecule has 3 N–H and O–H groups in total. The third-order valence-corrected chi connectivity index (χ3v) is 1.16. The van der Waals surface area contributed by atoms with E-state index in [-0.39, 0.29) is 5.96 Å². The van der Waals surface area contributed by atoms with E-state index >= 15 is 0 Å². The highest BCUT2D eigenvalue weighted by Gasteiger charge is 2.04. The summed E-state index contributed by atoms with van der Waals surface area (Å²) in [6, 6.07) is 0. The molecule has 0 fully saturated rings. The fraction of sp³-hybridized carbons (Fsp3) is 0.400. The van der Waals surface area contributed by atoms with Crippen LogP contribution in [0.4, 0.5) is 0 Å². The van der Waals surface area contributed by atoms with E-state index in [1.807, 2.05) is 12.2 Å². The maximum atomic E-state index is 6.96. The van der Waals surface area contributed by atoms with Crippen molar-refractivity contribution in [3.63, 3.8) is 0 Å². The van der Waals surface area contributed by atoms with Gasteiger partial charge in [-0.15, -0.1) is 0 Å². The van der Waals surface area contributed by atoms with Crippen molar-refractivity contribution >= 4 is 5.96 Å². The maximum Gasteiger partial charge on any atom is 0.188 e. The second kappa shape index (κ2) is 1.86. The van der Waals surface area contributed by atoms with Gasteiger partial charge in [-0.2, -0.15) is 0 Å². The lowest BCUT2D eigenvalue weighted by Gasteiger charge is -2.12. The van der Waals surface area contributed by atoms with Crippen LogP contribution in [-0.2, 0) is 0 Å². The van der Waals surface area contributed by atoms with Gasteiger partial charge in [0.15, 0.2) is 5.96 Å². The molecule has 8 heavy (non-hydrogen) atoms. The number of nitrogens with one attached hydrogen (secondary N) is 1. The third kappa shape index (κ3) is 0.804. The van der Waals surface area contributed by atoms with Crippen LogP contribution >= 0.6 is 0 Å². The Morgan fingerprint density at radius 3 is 2.25 bits per heavy atom. The minimum absolute atomic E-state index is 0.162. The van der Waals surface area contributed by atoms with E-state index < -0.39 is 0 Å². The van der Waals surface area contributed by atoms with Gasteiger partial charge >= 0.3 is 0 Å². The van der Waals surface area contributed by atoms with Crippen molar-refractivity contribution in [3.8, 4) is 0 Å². The quantitative estimate of drug-likeness (QED) is 0.257.